The highest BCUT2D eigenvalue weighted by atomic mass is 16.5. The molecule has 0 saturated carbocycles. The maximum absolute atomic E-state index is 12.7. The number of benzene rings is 1. The van der Waals surface area contributed by atoms with Gasteiger partial charge in [0.15, 0.2) is 0 Å². The van der Waals surface area contributed by atoms with E-state index in [0.29, 0.717) is 5.56 Å². The fourth-order valence-corrected chi connectivity index (χ4v) is 4.67. The minimum atomic E-state index is -0.340. The molecule has 37 heavy (non-hydrogen) atoms. The number of nitrogens with one attached hydrogen (secondary N) is 2. The van der Waals surface area contributed by atoms with E-state index in [1.807, 2.05) is 43.3 Å². The van der Waals surface area contributed by atoms with Crippen molar-refractivity contribution in [2.45, 2.75) is 25.9 Å². The summed E-state index contributed by atoms with van der Waals surface area (Å²) in [5, 5.41) is 4.24. The van der Waals surface area contributed by atoms with Crippen molar-refractivity contribution in [3.05, 3.63) is 84.7 Å². The topological polar surface area (TPSA) is 106 Å². The summed E-state index contributed by atoms with van der Waals surface area (Å²) in [6, 6.07) is 15.9. The van der Waals surface area contributed by atoms with Crippen molar-refractivity contribution >= 4 is 16.9 Å². The molecule has 1 aliphatic rings. The molecule has 0 amide bonds. The maximum Gasteiger partial charge on any atom is 0.339 e. The molecule has 8 nitrogen and oxygen atoms in total. The van der Waals surface area contributed by atoms with E-state index in [1.165, 1.54) is 0 Å². The molecule has 1 fully saturated rings. The molecule has 5 aromatic rings. The second kappa shape index (κ2) is 9.91. The van der Waals surface area contributed by atoms with Gasteiger partial charge >= 0.3 is 5.97 Å². The molecular formula is C29H26N6O2. The first-order chi connectivity index (χ1) is 18.1. The second-order valence-electron chi connectivity index (χ2n) is 9.24. The van der Waals surface area contributed by atoms with Crippen LogP contribution >= 0.6 is 0 Å². The molecule has 1 saturated heterocycles. The van der Waals surface area contributed by atoms with Crippen LogP contribution in [-0.4, -0.2) is 50.1 Å². The molecule has 6 rings (SSSR count). The SMILES string of the molecule is Cc1cccc(-c2[nH]cnc2-c2ccc3ncc(-c4cncc(C(=O)OC5CCNCC5)c4)cc3c2)n1. The van der Waals surface area contributed by atoms with E-state index in [9.17, 15) is 4.79 Å². The van der Waals surface area contributed by atoms with Crippen LogP contribution in [0.15, 0.2) is 73.4 Å². The molecule has 8 heteroatoms. The number of carbonyl (C=O) groups is 1. The van der Waals surface area contributed by atoms with Crippen molar-refractivity contribution in [1.29, 1.82) is 0 Å². The molecule has 0 radical (unpaired) electrons. The zero-order valence-electron chi connectivity index (χ0n) is 20.4. The summed E-state index contributed by atoms with van der Waals surface area (Å²) in [7, 11) is 0. The van der Waals surface area contributed by atoms with Gasteiger partial charge in [0, 0.05) is 46.4 Å². The summed E-state index contributed by atoms with van der Waals surface area (Å²) >= 11 is 0. The monoisotopic (exact) mass is 490 g/mol. The predicted molar refractivity (Wildman–Crippen MR) is 142 cm³/mol. The van der Waals surface area contributed by atoms with E-state index in [1.54, 1.807) is 24.9 Å². The van der Waals surface area contributed by atoms with Crippen LogP contribution in [0.2, 0.25) is 0 Å². The van der Waals surface area contributed by atoms with Crippen LogP contribution in [0, 0.1) is 6.92 Å². The van der Waals surface area contributed by atoms with E-state index in [4.69, 9.17) is 4.74 Å². The Morgan fingerprint density at radius 2 is 1.78 bits per heavy atom. The molecule has 1 aromatic carbocycles. The van der Waals surface area contributed by atoms with Crippen molar-refractivity contribution in [3.63, 3.8) is 0 Å². The Kier molecular flexibility index (Phi) is 6.16. The van der Waals surface area contributed by atoms with Gasteiger partial charge in [-0.1, -0.05) is 12.1 Å². The first kappa shape index (κ1) is 23.0. The molecule has 0 unspecified atom stereocenters. The fourth-order valence-electron chi connectivity index (χ4n) is 4.67. The molecular weight excluding hydrogens is 464 g/mol. The largest absolute Gasteiger partial charge is 0.459 e. The number of pyridine rings is 3. The molecule has 0 spiro atoms. The van der Waals surface area contributed by atoms with Crippen molar-refractivity contribution in [1.82, 2.24) is 30.2 Å². The number of piperidine rings is 1. The number of carbonyl (C=O) groups excluding carboxylic acids is 1. The lowest BCUT2D eigenvalue weighted by atomic mass is 10.0. The van der Waals surface area contributed by atoms with Crippen LogP contribution in [0.1, 0.15) is 28.9 Å². The number of aromatic amines is 1. The highest BCUT2D eigenvalue weighted by molar-refractivity contribution is 5.92. The number of fused-ring (bicyclic) bond motifs is 1. The number of hydrogen-bond donors (Lipinski definition) is 2. The Morgan fingerprint density at radius 3 is 2.65 bits per heavy atom. The Balaban J connectivity index is 1.31. The number of imidazole rings is 1. The second-order valence-corrected chi connectivity index (χ2v) is 9.24. The van der Waals surface area contributed by atoms with Crippen LogP contribution in [0.25, 0.3) is 44.7 Å². The number of rotatable bonds is 5. The number of ether oxygens (including phenoxy) is 1. The van der Waals surface area contributed by atoms with Crippen LogP contribution in [0.3, 0.4) is 0 Å². The van der Waals surface area contributed by atoms with Gasteiger partial charge in [-0.15, -0.1) is 0 Å². The van der Waals surface area contributed by atoms with E-state index < -0.39 is 0 Å². The van der Waals surface area contributed by atoms with Gasteiger partial charge in [-0.2, -0.15) is 0 Å². The minimum Gasteiger partial charge on any atom is -0.459 e. The number of hydrogen-bond acceptors (Lipinski definition) is 7. The highest BCUT2D eigenvalue weighted by Gasteiger charge is 2.19. The van der Waals surface area contributed by atoms with E-state index in [0.717, 1.165) is 76.3 Å². The van der Waals surface area contributed by atoms with E-state index in [-0.39, 0.29) is 12.1 Å². The first-order valence-corrected chi connectivity index (χ1v) is 12.4. The normalized spacial score (nSPS) is 14.1. The molecule has 0 atom stereocenters. The summed E-state index contributed by atoms with van der Waals surface area (Å²) in [5.41, 5.74) is 7.44. The standard InChI is InChI=1S/C29H26N6O2/c1-18-3-2-4-26(35-18)28-27(33-17-34-28)19-5-6-25-20(11-19)12-22(16-32-25)21-13-23(15-31-14-21)29(36)37-24-7-9-30-10-8-24/h2-6,11-17,24,30H,7-10H2,1H3,(H,33,34). The predicted octanol–water partition coefficient (Wildman–Crippen LogP) is 4.97. The van der Waals surface area contributed by atoms with Gasteiger partial charge in [-0.3, -0.25) is 15.0 Å². The quantitative estimate of drug-likeness (QED) is 0.335. The third-order valence-electron chi connectivity index (χ3n) is 6.61. The van der Waals surface area contributed by atoms with E-state index in [2.05, 4.69) is 42.4 Å². The lowest BCUT2D eigenvalue weighted by Crippen LogP contribution is -2.33. The van der Waals surface area contributed by atoms with Crippen LogP contribution in [0.5, 0.6) is 0 Å². The van der Waals surface area contributed by atoms with Crippen molar-refractivity contribution < 1.29 is 9.53 Å². The van der Waals surface area contributed by atoms with Gasteiger partial charge in [-0.05, 0) is 69.3 Å². The minimum absolute atomic E-state index is 0.0555. The third kappa shape index (κ3) is 4.83. The number of aromatic nitrogens is 5. The Bertz CT molecular complexity index is 1590. The average Bonchev–Trinajstić information content (AvgIpc) is 3.43. The summed E-state index contributed by atoms with van der Waals surface area (Å²) in [6.07, 6.45) is 8.38. The lowest BCUT2D eigenvalue weighted by molar-refractivity contribution is 0.0229. The number of aryl methyl sites for hydroxylation is 1. The summed E-state index contributed by atoms with van der Waals surface area (Å²) < 4.78 is 5.70. The molecule has 0 aliphatic carbocycles. The van der Waals surface area contributed by atoms with Crippen molar-refractivity contribution in [2.24, 2.45) is 0 Å². The molecule has 184 valence electrons. The van der Waals surface area contributed by atoms with Crippen LogP contribution in [0.4, 0.5) is 0 Å². The first-order valence-electron chi connectivity index (χ1n) is 12.4. The van der Waals surface area contributed by atoms with Crippen LogP contribution < -0.4 is 5.32 Å². The summed E-state index contributed by atoms with van der Waals surface area (Å²) in [4.78, 5) is 34.2. The highest BCUT2D eigenvalue weighted by Crippen LogP contribution is 2.31. The molecule has 1 aliphatic heterocycles. The van der Waals surface area contributed by atoms with Gasteiger partial charge in [0.2, 0.25) is 0 Å². The summed E-state index contributed by atoms with van der Waals surface area (Å²) in [6.45, 7) is 3.70. The zero-order valence-corrected chi connectivity index (χ0v) is 20.4. The van der Waals surface area contributed by atoms with Crippen LogP contribution in [-0.2, 0) is 4.74 Å². The van der Waals surface area contributed by atoms with Crippen molar-refractivity contribution in [2.75, 3.05) is 13.1 Å². The van der Waals surface area contributed by atoms with Crippen molar-refractivity contribution in [3.8, 4) is 33.8 Å². The number of nitrogens with zero attached hydrogens (tertiary/aromatic N) is 4. The zero-order chi connectivity index (χ0) is 25.2. The fraction of sp³-hybridized carbons (Fsp3) is 0.207. The Labute approximate surface area is 214 Å². The molecule has 2 N–H and O–H groups in total. The molecule has 4 aromatic heterocycles. The molecule has 0 bridgehead atoms. The van der Waals surface area contributed by atoms with Gasteiger partial charge < -0.3 is 15.0 Å². The Morgan fingerprint density at radius 1 is 0.946 bits per heavy atom. The van der Waals surface area contributed by atoms with Gasteiger partial charge in [-0.25, -0.2) is 9.78 Å². The Hall–Kier alpha value is -4.43. The average molecular weight is 491 g/mol. The number of H-pyrrole nitrogens is 1. The lowest BCUT2D eigenvalue weighted by Gasteiger charge is -2.22. The number of esters is 1. The van der Waals surface area contributed by atoms with Gasteiger partial charge in [0.05, 0.1) is 34.5 Å². The van der Waals surface area contributed by atoms with Gasteiger partial charge in [0.1, 0.15) is 6.10 Å². The van der Waals surface area contributed by atoms with E-state index >= 15 is 0 Å². The summed E-state index contributed by atoms with van der Waals surface area (Å²) in [5.74, 6) is -0.340. The smallest absolute Gasteiger partial charge is 0.339 e. The maximum atomic E-state index is 12.7. The van der Waals surface area contributed by atoms with Gasteiger partial charge in [0.25, 0.3) is 0 Å². The third-order valence-corrected chi connectivity index (χ3v) is 6.61. The molecule has 5 heterocycles.